The van der Waals surface area contributed by atoms with Crippen molar-refractivity contribution in [1.29, 1.82) is 0 Å². The van der Waals surface area contributed by atoms with Crippen LogP contribution in [0, 0.1) is 6.92 Å². The topological polar surface area (TPSA) is 12.9 Å². The van der Waals surface area contributed by atoms with Crippen LogP contribution in [0.5, 0.6) is 0 Å². The minimum Gasteiger partial charge on any atom is -0.252 e. The van der Waals surface area contributed by atoms with E-state index in [0.29, 0.717) is 0 Å². The second-order valence-corrected chi connectivity index (χ2v) is 7.10. The summed E-state index contributed by atoms with van der Waals surface area (Å²) in [5.41, 5.74) is 7.99. The molecule has 0 spiro atoms. The first-order valence-electron chi connectivity index (χ1n) is 9.06. The van der Waals surface area contributed by atoms with Gasteiger partial charge in [0.2, 0.25) is 0 Å². The highest BCUT2D eigenvalue weighted by Gasteiger charge is 2.13. The molecule has 0 fully saturated rings. The van der Waals surface area contributed by atoms with Gasteiger partial charge in [0.25, 0.3) is 0 Å². The van der Waals surface area contributed by atoms with Crippen LogP contribution in [0.3, 0.4) is 0 Å². The van der Waals surface area contributed by atoms with E-state index in [1.807, 2.05) is 36.4 Å². The highest BCUT2D eigenvalue weighted by Crippen LogP contribution is 2.33. The summed E-state index contributed by atoms with van der Waals surface area (Å²) in [6.07, 6.45) is 0.875. The Morgan fingerprint density at radius 1 is 0.741 bits per heavy atom. The fraction of sp³-hybridized carbons (Fsp3) is 0.0800. The minimum atomic E-state index is 0.734. The zero-order valence-electron chi connectivity index (χ0n) is 15.2. The van der Waals surface area contributed by atoms with Crippen LogP contribution in [-0.4, -0.2) is 4.98 Å². The zero-order chi connectivity index (χ0) is 18.6. The van der Waals surface area contributed by atoms with Gasteiger partial charge in [-0.1, -0.05) is 84.4 Å². The highest BCUT2D eigenvalue weighted by molar-refractivity contribution is 6.30. The van der Waals surface area contributed by atoms with E-state index in [1.54, 1.807) is 0 Å². The fourth-order valence-corrected chi connectivity index (χ4v) is 3.43. The average molecular weight is 370 g/mol. The van der Waals surface area contributed by atoms with Crippen LogP contribution >= 0.6 is 11.6 Å². The molecule has 1 nitrogen and oxygen atoms in total. The maximum Gasteiger partial charge on any atom is 0.0783 e. The van der Waals surface area contributed by atoms with Gasteiger partial charge in [0.1, 0.15) is 0 Å². The first-order valence-corrected chi connectivity index (χ1v) is 9.44. The second-order valence-electron chi connectivity index (χ2n) is 6.66. The van der Waals surface area contributed by atoms with E-state index in [4.69, 9.17) is 16.6 Å². The van der Waals surface area contributed by atoms with Crippen LogP contribution in [0.25, 0.3) is 22.4 Å². The average Bonchev–Trinajstić information content (AvgIpc) is 2.71. The standard InChI is InChI=1S/C25H20ClN/c1-18-22(16-19-8-4-2-5-9-19)17-24(20-10-6-3-7-11-20)25(27-18)21-12-14-23(26)15-13-21/h2-15,17H,16H2,1H3. The Morgan fingerprint density at radius 2 is 1.37 bits per heavy atom. The lowest BCUT2D eigenvalue weighted by Crippen LogP contribution is -1.99. The number of aryl methyl sites for hydroxylation is 1. The third-order valence-electron chi connectivity index (χ3n) is 4.76. The third kappa shape index (κ3) is 3.94. The normalized spacial score (nSPS) is 10.7. The molecular formula is C25H20ClN. The van der Waals surface area contributed by atoms with Crippen LogP contribution in [0.2, 0.25) is 5.02 Å². The Labute approximate surface area is 165 Å². The van der Waals surface area contributed by atoms with E-state index in [-0.39, 0.29) is 0 Å². The molecular weight excluding hydrogens is 350 g/mol. The first kappa shape index (κ1) is 17.5. The molecule has 1 heterocycles. The number of hydrogen-bond donors (Lipinski definition) is 0. The van der Waals surface area contributed by atoms with Crippen LogP contribution in [0.1, 0.15) is 16.8 Å². The van der Waals surface area contributed by atoms with Gasteiger partial charge in [-0.3, -0.25) is 4.98 Å². The predicted octanol–water partition coefficient (Wildman–Crippen LogP) is 6.97. The van der Waals surface area contributed by atoms with E-state index >= 15 is 0 Å². The zero-order valence-corrected chi connectivity index (χ0v) is 15.9. The van der Waals surface area contributed by atoms with E-state index in [9.17, 15) is 0 Å². The van der Waals surface area contributed by atoms with Gasteiger partial charge < -0.3 is 0 Å². The molecule has 3 aromatic carbocycles. The summed E-state index contributed by atoms with van der Waals surface area (Å²) >= 11 is 6.08. The minimum absolute atomic E-state index is 0.734. The van der Waals surface area contributed by atoms with Crippen molar-refractivity contribution >= 4 is 11.6 Å². The molecule has 27 heavy (non-hydrogen) atoms. The molecule has 0 N–H and O–H groups in total. The Morgan fingerprint density at radius 3 is 2.04 bits per heavy atom. The van der Waals surface area contributed by atoms with Crippen molar-refractivity contribution in [2.75, 3.05) is 0 Å². The van der Waals surface area contributed by atoms with Gasteiger partial charge in [0, 0.05) is 21.8 Å². The van der Waals surface area contributed by atoms with Gasteiger partial charge >= 0.3 is 0 Å². The van der Waals surface area contributed by atoms with Crippen molar-refractivity contribution in [3.05, 3.63) is 113 Å². The molecule has 0 unspecified atom stereocenters. The number of halogens is 1. The van der Waals surface area contributed by atoms with E-state index < -0.39 is 0 Å². The molecule has 0 bridgehead atoms. The Balaban J connectivity index is 1.86. The van der Waals surface area contributed by atoms with Crippen molar-refractivity contribution < 1.29 is 0 Å². The maximum absolute atomic E-state index is 6.08. The molecule has 4 aromatic rings. The van der Waals surface area contributed by atoms with Crippen molar-refractivity contribution in [2.45, 2.75) is 13.3 Å². The maximum atomic E-state index is 6.08. The summed E-state index contributed by atoms with van der Waals surface area (Å²) in [7, 11) is 0. The molecule has 2 heteroatoms. The van der Waals surface area contributed by atoms with Gasteiger partial charge in [-0.15, -0.1) is 0 Å². The van der Waals surface area contributed by atoms with E-state index in [0.717, 1.165) is 34.0 Å². The first-order chi connectivity index (χ1) is 13.2. The molecule has 1 aromatic heterocycles. The molecule has 0 atom stereocenters. The number of rotatable bonds is 4. The van der Waals surface area contributed by atoms with E-state index in [2.05, 4.69) is 61.5 Å². The van der Waals surface area contributed by atoms with Crippen molar-refractivity contribution in [1.82, 2.24) is 4.98 Å². The van der Waals surface area contributed by atoms with Gasteiger partial charge in [-0.2, -0.15) is 0 Å². The Bertz CT molecular complexity index is 1040. The number of aromatic nitrogens is 1. The quantitative estimate of drug-likeness (QED) is 0.378. The molecule has 0 saturated carbocycles. The Kier molecular flexibility index (Phi) is 5.04. The summed E-state index contributed by atoms with van der Waals surface area (Å²) in [6.45, 7) is 2.09. The fourth-order valence-electron chi connectivity index (χ4n) is 3.31. The molecule has 0 saturated heterocycles. The van der Waals surface area contributed by atoms with Gasteiger partial charge in [0.15, 0.2) is 0 Å². The van der Waals surface area contributed by atoms with Crippen molar-refractivity contribution in [3.8, 4) is 22.4 Å². The predicted molar refractivity (Wildman–Crippen MR) is 114 cm³/mol. The molecule has 4 rings (SSSR count). The lowest BCUT2D eigenvalue weighted by Gasteiger charge is -2.15. The molecule has 132 valence electrons. The van der Waals surface area contributed by atoms with Gasteiger partial charge in [0.05, 0.1) is 5.69 Å². The molecule has 0 aliphatic heterocycles. The third-order valence-corrected chi connectivity index (χ3v) is 5.01. The van der Waals surface area contributed by atoms with Crippen LogP contribution < -0.4 is 0 Å². The Hall–Kier alpha value is -2.90. The number of pyridine rings is 1. The van der Waals surface area contributed by atoms with E-state index in [1.165, 1.54) is 16.7 Å². The summed E-state index contributed by atoms with van der Waals surface area (Å²) in [6, 6.07) is 31.2. The molecule has 0 aliphatic carbocycles. The van der Waals surface area contributed by atoms with Gasteiger partial charge in [-0.05, 0) is 48.2 Å². The summed E-state index contributed by atoms with van der Waals surface area (Å²) < 4.78 is 0. The summed E-state index contributed by atoms with van der Waals surface area (Å²) in [5.74, 6) is 0. The second kappa shape index (κ2) is 7.77. The van der Waals surface area contributed by atoms with Crippen LogP contribution in [0.15, 0.2) is 91.0 Å². The van der Waals surface area contributed by atoms with Crippen LogP contribution in [-0.2, 0) is 6.42 Å². The molecule has 0 aliphatic rings. The molecule has 0 amide bonds. The van der Waals surface area contributed by atoms with Crippen molar-refractivity contribution in [3.63, 3.8) is 0 Å². The van der Waals surface area contributed by atoms with Gasteiger partial charge in [-0.25, -0.2) is 0 Å². The highest BCUT2D eigenvalue weighted by atomic mass is 35.5. The molecule has 0 radical (unpaired) electrons. The van der Waals surface area contributed by atoms with Crippen LogP contribution in [0.4, 0.5) is 0 Å². The monoisotopic (exact) mass is 369 g/mol. The smallest absolute Gasteiger partial charge is 0.0783 e. The lowest BCUT2D eigenvalue weighted by molar-refractivity contribution is 1.08. The van der Waals surface area contributed by atoms with Crippen molar-refractivity contribution in [2.24, 2.45) is 0 Å². The largest absolute Gasteiger partial charge is 0.252 e. The number of nitrogens with zero attached hydrogens (tertiary/aromatic N) is 1. The number of hydrogen-bond acceptors (Lipinski definition) is 1. The number of benzene rings is 3. The lowest BCUT2D eigenvalue weighted by atomic mass is 9.94. The SMILES string of the molecule is Cc1nc(-c2ccc(Cl)cc2)c(-c2ccccc2)cc1Cc1ccccc1. The summed E-state index contributed by atoms with van der Waals surface area (Å²) in [4.78, 5) is 5.00. The summed E-state index contributed by atoms with van der Waals surface area (Å²) in [5, 5.41) is 0.734.